The Balaban J connectivity index is 1.67. The van der Waals surface area contributed by atoms with Crippen molar-refractivity contribution in [2.75, 3.05) is 13.2 Å². The number of hydrogen-bond acceptors (Lipinski definition) is 5. The van der Waals surface area contributed by atoms with Crippen molar-refractivity contribution in [3.05, 3.63) is 90.8 Å². The van der Waals surface area contributed by atoms with Crippen molar-refractivity contribution >= 4 is 16.7 Å². The maximum absolute atomic E-state index is 11.8. The quantitative estimate of drug-likeness (QED) is 0.361. The van der Waals surface area contributed by atoms with Gasteiger partial charge in [0.2, 0.25) is 0 Å². The van der Waals surface area contributed by atoms with Crippen molar-refractivity contribution in [2.24, 2.45) is 0 Å². The molecule has 156 valence electrons. The molecule has 0 N–H and O–H groups in total. The van der Waals surface area contributed by atoms with Crippen LogP contribution in [-0.4, -0.2) is 24.2 Å². The number of esters is 1. The number of fused-ring (bicyclic) bond motifs is 1. The van der Waals surface area contributed by atoms with Crippen LogP contribution in [-0.2, 0) is 16.1 Å². The van der Waals surface area contributed by atoms with Crippen LogP contribution < -0.4 is 9.47 Å². The van der Waals surface area contributed by atoms with Crippen molar-refractivity contribution in [1.29, 1.82) is 0 Å². The predicted molar refractivity (Wildman–Crippen MR) is 120 cm³/mol. The lowest BCUT2D eigenvalue weighted by Crippen LogP contribution is -2.15. The van der Waals surface area contributed by atoms with Gasteiger partial charge in [-0.3, -0.25) is 4.98 Å². The lowest BCUT2D eigenvalue weighted by atomic mass is 9.98. The molecule has 0 bridgehead atoms. The Labute approximate surface area is 181 Å². The molecule has 0 saturated heterocycles. The Morgan fingerprint density at radius 3 is 2.55 bits per heavy atom. The Morgan fingerprint density at radius 2 is 1.71 bits per heavy atom. The van der Waals surface area contributed by atoms with Gasteiger partial charge in [-0.25, -0.2) is 4.79 Å². The molecule has 1 heterocycles. The summed E-state index contributed by atoms with van der Waals surface area (Å²) in [6, 6.07) is 23.8. The zero-order valence-corrected chi connectivity index (χ0v) is 17.3. The van der Waals surface area contributed by atoms with Crippen molar-refractivity contribution in [3.63, 3.8) is 0 Å². The largest absolute Gasteiger partial charge is 0.487 e. The molecule has 0 aliphatic rings. The van der Waals surface area contributed by atoms with Crippen molar-refractivity contribution < 1.29 is 19.0 Å². The van der Waals surface area contributed by atoms with Crippen LogP contribution in [0, 0.1) is 0 Å². The zero-order chi connectivity index (χ0) is 21.5. The Hall–Kier alpha value is -3.86. The normalized spacial score (nSPS) is 10.6. The van der Waals surface area contributed by atoms with Crippen LogP contribution in [0.5, 0.6) is 11.5 Å². The van der Waals surface area contributed by atoms with E-state index in [1.807, 2.05) is 72.8 Å². The summed E-state index contributed by atoms with van der Waals surface area (Å²) in [7, 11) is 0. The van der Waals surface area contributed by atoms with E-state index in [0.717, 1.165) is 27.5 Å². The Bertz CT molecular complexity index is 1170. The highest BCUT2D eigenvalue weighted by molar-refractivity contribution is 5.99. The fourth-order valence-electron chi connectivity index (χ4n) is 3.38. The van der Waals surface area contributed by atoms with Gasteiger partial charge in [-0.15, -0.1) is 0 Å². The van der Waals surface area contributed by atoms with E-state index in [4.69, 9.17) is 14.2 Å². The number of pyridine rings is 1. The first-order valence-corrected chi connectivity index (χ1v) is 10.2. The molecule has 0 spiro atoms. The van der Waals surface area contributed by atoms with Gasteiger partial charge in [0.05, 0.1) is 12.8 Å². The molecule has 0 aliphatic heterocycles. The van der Waals surface area contributed by atoms with E-state index in [1.54, 1.807) is 19.3 Å². The number of benzene rings is 3. The molecular weight excluding hydrogens is 390 g/mol. The molecule has 5 heteroatoms. The predicted octanol–water partition coefficient (Wildman–Crippen LogP) is 5.42. The molecular formula is C26H23NO4. The van der Waals surface area contributed by atoms with Crippen LogP contribution in [0.1, 0.15) is 12.5 Å². The fraction of sp³-hybridized carbons (Fsp3) is 0.154. The van der Waals surface area contributed by atoms with Crippen molar-refractivity contribution in [1.82, 2.24) is 4.98 Å². The summed E-state index contributed by atoms with van der Waals surface area (Å²) in [5, 5.41) is 2.07. The Kier molecular flexibility index (Phi) is 6.43. The second-order valence-electron chi connectivity index (χ2n) is 6.94. The van der Waals surface area contributed by atoms with Crippen LogP contribution in [0.25, 0.3) is 21.9 Å². The summed E-state index contributed by atoms with van der Waals surface area (Å²) < 4.78 is 16.8. The van der Waals surface area contributed by atoms with Gasteiger partial charge in [0.15, 0.2) is 6.61 Å². The van der Waals surface area contributed by atoms with Crippen LogP contribution in [0.15, 0.2) is 85.2 Å². The summed E-state index contributed by atoms with van der Waals surface area (Å²) in [6.07, 6.45) is 3.46. The molecule has 0 unspecified atom stereocenters. The molecule has 0 amide bonds. The number of rotatable bonds is 8. The molecule has 3 aromatic carbocycles. The van der Waals surface area contributed by atoms with E-state index < -0.39 is 5.97 Å². The number of ether oxygens (including phenoxy) is 3. The summed E-state index contributed by atoms with van der Waals surface area (Å²) in [6.45, 7) is 2.38. The van der Waals surface area contributed by atoms with E-state index in [-0.39, 0.29) is 6.61 Å². The van der Waals surface area contributed by atoms with Crippen LogP contribution >= 0.6 is 0 Å². The average Bonchev–Trinajstić information content (AvgIpc) is 2.82. The maximum atomic E-state index is 11.8. The molecule has 5 nitrogen and oxygen atoms in total. The minimum absolute atomic E-state index is 0.156. The number of nitrogens with zero attached hydrogens (tertiary/aromatic N) is 1. The standard InChI is InChI=1S/C26H23NO4/c1-2-29-25(28)18-31-24-13-12-20-10-6-7-11-23(20)26(24)21-14-22(16-27-15-21)30-17-19-8-4-3-5-9-19/h3-16H,2,17-18H2,1H3. The second kappa shape index (κ2) is 9.76. The molecule has 0 atom stereocenters. The first-order chi connectivity index (χ1) is 15.2. The van der Waals surface area contributed by atoms with Crippen LogP contribution in [0.4, 0.5) is 0 Å². The summed E-state index contributed by atoms with van der Waals surface area (Å²) in [5.41, 5.74) is 2.79. The Morgan fingerprint density at radius 1 is 0.903 bits per heavy atom. The average molecular weight is 413 g/mol. The van der Waals surface area contributed by atoms with Gasteiger partial charge in [-0.1, -0.05) is 60.7 Å². The molecule has 4 rings (SSSR count). The molecule has 31 heavy (non-hydrogen) atoms. The summed E-state index contributed by atoms with van der Waals surface area (Å²) in [4.78, 5) is 16.2. The molecule has 0 radical (unpaired) electrons. The number of aromatic nitrogens is 1. The highest BCUT2D eigenvalue weighted by Crippen LogP contribution is 2.38. The smallest absolute Gasteiger partial charge is 0.344 e. The first kappa shape index (κ1) is 20.4. The van der Waals surface area contributed by atoms with Gasteiger partial charge in [-0.05, 0) is 35.4 Å². The minimum Gasteiger partial charge on any atom is -0.487 e. The van der Waals surface area contributed by atoms with E-state index in [0.29, 0.717) is 24.7 Å². The van der Waals surface area contributed by atoms with E-state index in [2.05, 4.69) is 4.98 Å². The van der Waals surface area contributed by atoms with Gasteiger partial charge in [0, 0.05) is 17.3 Å². The number of hydrogen-bond donors (Lipinski definition) is 0. The number of carbonyl (C=O) groups is 1. The molecule has 4 aromatic rings. The van der Waals surface area contributed by atoms with Crippen molar-refractivity contribution in [2.45, 2.75) is 13.5 Å². The SMILES string of the molecule is CCOC(=O)COc1ccc2ccccc2c1-c1cncc(OCc2ccccc2)c1. The van der Waals surface area contributed by atoms with E-state index in [1.165, 1.54) is 0 Å². The highest BCUT2D eigenvalue weighted by atomic mass is 16.6. The van der Waals surface area contributed by atoms with Crippen LogP contribution in [0.2, 0.25) is 0 Å². The first-order valence-electron chi connectivity index (χ1n) is 10.2. The van der Waals surface area contributed by atoms with Gasteiger partial charge in [0.1, 0.15) is 18.1 Å². The highest BCUT2D eigenvalue weighted by Gasteiger charge is 2.14. The number of carbonyl (C=O) groups excluding carboxylic acids is 1. The molecule has 0 aliphatic carbocycles. The maximum Gasteiger partial charge on any atom is 0.344 e. The lowest BCUT2D eigenvalue weighted by molar-refractivity contribution is -0.145. The molecule has 1 aromatic heterocycles. The lowest BCUT2D eigenvalue weighted by Gasteiger charge is -2.15. The topological polar surface area (TPSA) is 57.7 Å². The summed E-state index contributed by atoms with van der Waals surface area (Å²) >= 11 is 0. The summed E-state index contributed by atoms with van der Waals surface area (Å²) in [5.74, 6) is 0.846. The van der Waals surface area contributed by atoms with Gasteiger partial charge >= 0.3 is 5.97 Å². The third-order valence-electron chi connectivity index (χ3n) is 4.79. The van der Waals surface area contributed by atoms with E-state index >= 15 is 0 Å². The third kappa shape index (κ3) is 5.01. The van der Waals surface area contributed by atoms with Crippen molar-refractivity contribution in [3.8, 4) is 22.6 Å². The molecule has 0 saturated carbocycles. The van der Waals surface area contributed by atoms with Gasteiger partial charge < -0.3 is 14.2 Å². The third-order valence-corrected chi connectivity index (χ3v) is 4.79. The van der Waals surface area contributed by atoms with E-state index in [9.17, 15) is 4.79 Å². The second-order valence-corrected chi connectivity index (χ2v) is 6.94. The molecule has 0 fully saturated rings. The van der Waals surface area contributed by atoms with Gasteiger partial charge in [0.25, 0.3) is 0 Å². The van der Waals surface area contributed by atoms with Crippen LogP contribution in [0.3, 0.4) is 0 Å². The fourth-order valence-corrected chi connectivity index (χ4v) is 3.38. The van der Waals surface area contributed by atoms with Gasteiger partial charge in [-0.2, -0.15) is 0 Å². The monoisotopic (exact) mass is 413 g/mol. The minimum atomic E-state index is -0.403. The zero-order valence-electron chi connectivity index (χ0n) is 17.3.